The van der Waals surface area contributed by atoms with E-state index < -0.39 is 53.2 Å². The molecule has 2 aliphatic heterocycles. The second-order valence-electron chi connectivity index (χ2n) is 10.5. The van der Waals surface area contributed by atoms with E-state index in [1.165, 1.54) is 45.0 Å². The van der Waals surface area contributed by atoms with E-state index in [2.05, 4.69) is 30.5 Å². The number of oxime groups is 1. The number of halogens is 2. The second-order valence-corrected chi connectivity index (χ2v) is 14.3. The number of hydrogen-bond acceptors (Lipinski definition) is 17. The number of nitrogens with one attached hydrogen (secondary N) is 2. The lowest BCUT2D eigenvalue weighted by Gasteiger charge is -2.49. The van der Waals surface area contributed by atoms with Gasteiger partial charge in [-0.05, 0) is 24.6 Å². The fraction of sp³-hybridized carbons (Fsp3) is 0.222. The molecule has 0 aliphatic carbocycles. The first-order valence-electron chi connectivity index (χ1n) is 14.1. The number of rotatable bonds is 11. The number of phenolic OH excluding ortho intramolecular Hbond substituents is 2. The van der Waals surface area contributed by atoms with Crippen molar-refractivity contribution in [1.82, 2.24) is 40.3 Å². The van der Waals surface area contributed by atoms with Gasteiger partial charge in [0.05, 0.1) is 10.0 Å². The summed E-state index contributed by atoms with van der Waals surface area (Å²) in [6, 6.07) is 1.76. The zero-order chi connectivity index (χ0) is 36.7. The number of fused-ring (bicyclic) bond motifs is 2. The number of aromatic nitrogens is 5. The van der Waals surface area contributed by atoms with Crippen molar-refractivity contribution in [3.8, 4) is 11.5 Å². The van der Waals surface area contributed by atoms with Crippen LogP contribution in [0.3, 0.4) is 0 Å². The number of carbonyl (C=O) groups excluding carboxylic acids is 3. The molecule has 0 bridgehead atoms. The lowest BCUT2D eigenvalue weighted by molar-refractivity contribution is -0.150. The summed E-state index contributed by atoms with van der Waals surface area (Å²) in [4.78, 5) is 69.9. The normalized spacial score (nSPS) is 17.3. The van der Waals surface area contributed by atoms with E-state index in [0.717, 1.165) is 16.2 Å². The maximum atomic E-state index is 13.5. The molecule has 0 spiro atoms. The number of nitrogens with two attached hydrogens (primary N) is 1. The summed E-state index contributed by atoms with van der Waals surface area (Å²) in [6.45, 7) is 1.30. The molecular weight excluding hydrogens is 775 g/mol. The number of β-lactam (4-membered cyclic amide) rings is 1. The van der Waals surface area contributed by atoms with Gasteiger partial charge < -0.3 is 31.2 Å². The van der Waals surface area contributed by atoms with Crippen LogP contribution < -0.4 is 16.5 Å². The first kappa shape index (κ1) is 35.9. The third-order valence-corrected chi connectivity index (χ3v) is 11.0. The van der Waals surface area contributed by atoms with E-state index in [1.807, 2.05) is 0 Å². The number of carboxylic acids is 1. The van der Waals surface area contributed by atoms with Crippen LogP contribution in [0.5, 0.6) is 11.5 Å². The van der Waals surface area contributed by atoms with Gasteiger partial charge in [-0.25, -0.2) is 20.2 Å². The molecule has 8 N–H and O–H groups in total. The number of thiazole rings is 1. The van der Waals surface area contributed by atoms with Gasteiger partial charge in [-0.15, -0.1) is 40.0 Å². The van der Waals surface area contributed by atoms with Crippen molar-refractivity contribution in [2.45, 2.75) is 30.0 Å². The van der Waals surface area contributed by atoms with Gasteiger partial charge in [0.1, 0.15) is 34.4 Å². The Hall–Kier alpha value is -4.87. The van der Waals surface area contributed by atoms with E-state index in [4.69, 9.17) is 39.0 Å². The van der Waals surface area contributed by atoms with Crippen LogP contribution in [0, 0.1) is 6.92 Å². The molecule has 2 atom stereocenters. The highest BCUT2D eigenvalue weighted by Gasteiger charge is 2.54. The second kappa shape index (κ2) is 14.4. The molecule has 2 unspecified atom stereocenters. The molecule has 1 saturated heterocycles. The van der Waals surface area contributed by atoms with Crippen LogP contribution in [-0.2, 0) is 25.8 Å². The Morgan fingerprint density at radius 1 is 1.20 bits per heavy atom. The zero-order valence-corrected chi connectivity index (χ0v) is 29.5. The van der Waals surface area contributed by atoms with E-state index >= 15 is 0 Å². The van der Waals surface area contributed by atoms with Gasteiger partial charge in [-0.3, -0.25) is 24.5 Å². The number of aryl methyl sites for hydroxylation is 1. The molecule has 5 heterocycles. The van der Waals surface area contributed by atoms with Crippen molar-refractivity contribution in [1.29, 1.82) is 0 Å². The van der Waals surface area contributed by atoms with Gasteiger partial charge in [0.25, 0.3) is 17.6 Å². The molecule has 2 aliphatic rings. The van der Waals surface area contributed by atoms with Crippen molar-refractivity contribution < 1.29 is 44.5 Å². The number of benzene rings is 1. The molecule has 3 aromatic heterocycles. The molecule has 0 radical (unpaired) electrons. The first-order chi connectivity index (χ1) is 24.3. The molecular formula is C27H22Cl2N10O9S3. The SMILES string of the molecule is Cc1cc(SCC2=C(C(=O)O)N3C(=O)C(NC(=O)/C(=N\OCc4cc(Cl)c(O)c(O)c4Cl)c4csc(N)n4)C3SC2)n2nc(C(=O)NO)nc2n1. The highest BCUT2D eigenvalue weighted by Crippen LogP contribution is 2.43. The Balaban J connectivity index is 1.19. The number of phenols is 2. The maximum Gasteiger partial charge on any atom is 0.352 e. The van der Waals surface area contributed by atoms with E-state index in [9.17, 15) is 34.5 Å². The summed E-state index contributed by atoms with van der Waals surface area (Å²) in [5.41, 5.74) is 7.72. The van der Waals surface area contributed by atoms with Gasteiger partial charge in [0.2, 0.25) is 5.82 Å². The van der Waals surface area contributed by atoms with Crippen LogP contribution >= 0.6 is 58.1 Å². The monoisotopic (exact) mass is 796 g/mol. The Morgan fingerprint density at radius 2 is 1.96 bits per heavy atom. The summed E-state index contributed by atoms with van der Waals surface area (Å²) in [7, 11) is 0. The molecule has 0 saturated carbocycles. The summed E-state index contributed by atoms with van der Waals surface area (Å²) in [5, 5.41) is 50.1. The average Bonchev–Trinajstić information content (AvgIpc) is 3.74. The Labute approximate surface area is 307 Å². The van der Waals surface area contributed by atoms with Crippen molar-refractivity contribution in [3.05, 3.63) is 61.6 Å². The number of aromatic hydroxyl groups is 2. The van der Waals surface area contributed by atoms with E-state index in [1.54, 1.807) is 13.0 Å². The highest BCUT2D eigenvalue weighted by atomic mass is 35.5. The summed E-state index contributed by atoms with van der Waals surface area (Å²) in [5.74, 6) is -5.10. The average molecular weight is 798 g/mol. The van der Waals surface area contributed by atoms with Crippen LogP contribution in [0.4, 0.5) is 5.13 Å². The summed E-state index contributed by atoms with van der Waals surface area (Å²) in [6.07, 6.45) is 0. The van der Waals surface area contributed by atoms with Gasteiger partial charge in [0, 0.05) is 28.1 Å². The third kappa shape index (κ3) is 6.92. The predicted molar refractivity (Wildman–Crippen MR) is 183 cm³/mol. The number of anilines is 1. The molecule has 266 valence electrons. The van der Waals surface area contributed by atoms with E-state index in [-0.39, 0.29) is 61.0 Å². The number of nitrogens with zero attached hydrogens (tertiary/aromatic N) is 7. The van der Waals surface area contributed by atoms with Gasteiger partial charge >= 0.3 is 11.9 Å². The van der Waals surface area contributed by atoms with Gasteiger partial charge in [0.15, 0.2) is 22.3 Å². The number of hydrogen-bond donors (Lipinski definition) is 7. The van der Waals surface area contributed by atoms with Crippen LogP contribution in [0.25, 0.3) is 5.78 Å². The fourth-order valence-corrected chi connectivity index (χ4v) is 8.40. The Bertz CT molecular complexity index is 2190. The Morgan fingerprint density at radius 3 is 2.65 bits per heavy atom. The quantitative estimate of drug-likeness (QED) is 0.0217. The lowest BCUT2D eigenvalue weighted by atomic mass is 10.0. The number of nitrogen functional groups attached to an aromatic ring is 1. The maximum absolute atomic E-state index is 13.5. The van der Waals surface area contributed by atoms with Crippen LogP contribution in [0.1, 0.15) is 27.6 Å². The van der Waals surface area contributed by atoms with Crippen molar-refractivity contribution in [2.75, 3.05) is 17.2 Å². The predicted octanol–water partition coefficient (Wildman–Crippen LogP) is 1.76. The molecule has 1 fully saturated rings. The van der Waals surface area contributed by atoms with Crippen molar-refractivity contribution in [2.24, 2.45) is 5.16 Å². The molecule has 4 aromatic rings. The fourth-order valence-electron chi connectivity index (χ4n) is 4.89. The number of aliphatic carboxylic acids is 1. The smallest absolute Gasteiger partial charge is 0.352 e. The van der Waals surface area contributed by atoms with E-state index in [0.29, 0.717) is 16.3 Å². The van der Waals surface area contributed by atoms with Crippen LogP contribution in [0.2, 0.25) is 10.0 Å². The minimum Gasteiger partial charge on any atom is -0.503 e. The van der Waals surface area contributed by atoms with Crippen LogP contribution in [-0.4, -0.2) is 102 Å². The minimum atomic E-state index is -1.35. The Kier molecular flexibility index (Phi) is 10.1. The van der Waals surface area contributed by atoms with Crippen LogP contribution in [0.15, 0.2) is 39.0 Å². The molecule has 24 heteroatoms. The van der Waals surface area contributed by atoms with Gasteiger partial charge in [-0.1, -0.05) is 28.4 Å². The zero-order valence-electron chi connectivity index (χ0n) is 25.5. The summed E-state index contributed by atoms with van der Waals surface area (Å²) < 4.78 is 1.28. The topological polar surface area (TPSA) is 280 Å². The minimum absolute atomic E-state index is 0.0231. The number of carboxylic acid groups (broad SMARTS) is 1. The molecule has 1 aromatic carbocycles. The number of thioether (sulfide) groups is 2. The molecule has 19 nitrogen and oxygen atoms in total. The van der Waals surface area contributed by atoms with Gasteiger partial charge in [-0.2, -0.15) is 9.50 Å². The largest absolute Gasteiger partial charge is 0.503 e. The number of hydroxylamine groups is 1. The standard InChI is InChI=1S/C27H22Cl2N10O9S3/c1-8-2-13(39-27(31-8)34-20(35-39)22(43)36-47)49-5-10-6-50-24-16(23(44)38(24)17(10)25(45)46)33-21(42)15(12-7-51-26(30)32-12)37-48-4-9-3-11(28)18(40)19(41)14(9)29/h2-3,7,16,24,40-41,47H,4-6H2,1H3,(H2,30,32)(H,33,42)(H,36,43)(H,45,46)/b37-15-. The summed E-state index contributed by atoms with van der Waals surface area (Å²) >= 11 is 15.4. The number of carbonyl (C=O) groups is 4. The van der Waals surface area contributed by atoms with Crippen molar-refractivity contribution in [3.63, 3.8) is 0 Å². The number of amides is 3. The molecule has 51 heavy (non-hydrogen) atoms. The van der Waals surface area contributed by atoms with Crippen molar-refractivity contribution >= 4 is 98.4 Å². The lowest BCUT2D eigenvalue weighted by Crippen LogP contribution is -2.71. The third-order valence-electron chi connectivity index (χ3n) is 7.24. The highest BCUT2D eigenvalue weighted by molar-refractivity contribution is 8.01. The molecule has 6 rings (SSSR count). The first-order valence-corrected chi connectivity index (χ1v) is 17.8. The molecule has 3 amide bonds.